The van der Waals surface area contributed by atoms with Crippen molar-refractivity contribution < 1.29 is 4.79 Å². The SMILES string of the molecule is CC(c1cccnc1)N(C)C(=O)CC12CC3CC(CC(C3)C1)C2. The molecule has 4 saturated carbocycles. The van der Waals surface area contributed by atoms with Crippen LogP contribution in [0.15, 0.2) is 24.5 Å². The Balaban J connectivity index is 1.45. The summed E-state index contributed by atoms with van der Waals surface area (Å²) in [4.78, 5) is 19.1. The van der Waals surface area contributed by atoms with E-state index in [9.17, 15) is 4.79 Å². The molecule has 3 heteroatoms. The molecule has 1 aromatic heterocycles. The predicted molar refractivity (Wildman–Crippen MR) is 90.6 cm³/mol. The van der Waals surface area contributed by atoms with E-state index in [1.54, 1.807) is 6.20 Å². The van der Waals surface area contributed by atoms with Crippen LogP contribution >= 0.6 is 0 Å². The number of amides is 1. The lowest BCUT2D eigenvalue weighted by molar-refractivity contribution is -0.140. The summed E-state index contributed by atoms with van der Waals surface area (Å²) < 4.78 is 0. The molecule has 4 aliphatic rings. The summed E-state index contributed by atoms with van der Waals surface area (Å²) in [6.45, 7) is 2.11. The highest BCUT2D eigenvalue weighted by Gasteiger charge is 2.51. The average Bonchev–Trinajstić information content (AvgIpc) is 2.52. The maximum absolute atomic E-state index is 12.9. The second-order valence-electron chi connectivity index (χ2n) is 8.56. The molecule has 0 aliphatic heterocycles. The predicted octanol–water partition coefficient (Wildman–Crippen LogP) is 4.21. The maximum atomic E-state index is 12.9. The lowest BCUT2D eigenvalue weighted by atomic mass is 9.49. The van der Waals surface area contributed by atoms with Crippen molar-refractivity contribution in [3.05, 3.63) is 30.1 Å². The summed E-state index contributed by atoms with van der Waals surface area (Å²) >= 11 is 0. The van der Waals surface area contributed by atoms with Gasteiger partial charge in [0.15, 0.2) is 0 Å². The molecule has 3 nitrogen and oxygen atoms in total. The van der Waals surface area contributed by atoms with Crippen LogP contribution in [0.4, 0.5) is 0 Å². The maximum Gasteiger partial charge on any atom is 0.223 e. The molecule has 1 amide bonds. The number of nitrogens with zero attached hydrogens (tertiary/aromatic N) is 2. The lowest BCUT2D eigenvalue weighted by Gasteiger charge is -2.57. The van der Waals surface area contributed by atoms with Gasteiger partial charge in [0.2, 0.25) is 5.91 Å². The molecule has 4 bridgehead atoms. The Labute approximate surface area is 139 Å². The molecular formula is C20H28N2O. The lowest BCUT2D eigenvalue weighted by Crippen LogP contribution is -2.48. The highest BCUT2D eigenvalue weighted by atomic mass is 16.2. The summed E-state index contributed by atoms with van der Waals surface area (Å²) in [6.07, 6.45) is 12.7. The van der Waals surface area contributed by atoms with Crippen molar-refractivity contribution in [1.82, 2.24) is 9.88 Å². The van der Waals surface area contributed by atoms with Crippen molar-refractivity contribution in [3.8, 4) is 0 Å². The van der Waals surface area contributed by atoms with Gasteiger partial charge in [0.05, 0.1) is 6.04 Å². The van der Waals surface area contributed by atoms with Crippen molar-refractivity contribution in [2.24, 2.45) is 23.2 Å². The summed E-state index contributed by atoms with van der Waals surface area (Å²) in [5, 5.41) is 0. The van der Waals surface area contributed by atoms with Gasteiger partial charge in [-0.3, -0.25) is 9.78 Å². The first-order valence-corrected chi connectivity index (χ1v) is 9.20. The molecule has 0 N–H and O–H groups in total. The molecule has 124 valence electrons. The minimum Gasteiger partial charge on any atom is -0.339 e. The number of hydrogen-bond acceptors (Lipinski definition) is 2. The fraction of sp³-hybridized carbons (Fsp3) is 0.700. The quantitative estimate of drug-likeness (QED) is 0.834. The van der Waals surface area contributed by atoms with Crippen molar-refractivity contribution >= 4 is 5.91 Å². The third-order valence-electron chi connectivity index (χ3n) is 6.83. The minimum atomic E-state index is 0.102. The second kappa shape index (κ2) is 5.61. The monoisotopic (exact) mass is 312 g/mol. The van der Waals surface area contributed by atoms with Gasteiger partial charge in [-0.2, -0.15) is 0 Å². The largest absolute Gasteiger partial charge is 0.339 e. The molecule has 0 radical (unpaired) electrons. The number of hydrogen-bond donors (Lipinski definition) is 0. The smallest absolute Gasteiger partial charge is 0.223 e. The molecule has 4 fully saturated rings. The van der Waals surface area contributed by atoms with Crippen LogP contribution in [0.2, 0.25) is 0 Å². The molecule has 1 aromatic rings. The van der Waals surface area contributed by atoms with Crippen LogP contribution in [0.25, 0.3) is 0 Å². The highest BCUT2D eigenvalue weighted by molar-refractivity contribution is 5.77. The third-order valence-corrected chi connectivity index (χ3v) is 6.83. The van der Waals surface area contributed by atoms with Crippen LogP contribution < -0.4 is 0 Å². The van der Waals surface area contributed by atoms with E-state index in [2.05, 4.69) is 18.0 Å². The van der Waals surface area contributed by atoms with Crippen LogP contribution in [0.5, 0.6) is 0 Å². The number of carbonyl (C=O) groups excluding carboxylic acids is 1. The Hall–Kier alpha value is -1.38. The number of rotatable bonds is 4. The van der Waals surface area contributed by atoms with Crippen LogP contribution in [0.1, 0.15) is 63.5 Å². The zero-order valence-corrected chi connectivity index (χ0v) is 14.4. The number of pyridine rings is 1. The van der Waals surface area contributed by atoms with Gasteiger partial charge >= 0.3 is 0 Å². The third kappa shape index (κ3) is 2.79. The molecule has 0 saturated heterocycles. The van der Waals surface area contributed by atoms with Crippen molar-refractivity contribution in [3.63, 3.8) is 0 Å². The molecule has 4 aliphatic carbocycles. The zero-order valence-electron chi connectivity index (χ0n) is 14.4. The zero-order chi connectivity index (χ0) is 16.0. The Kier molecular flexibility index (Phi) is 3.70. The van der Waals surface area contributed by atoms with Gasteiger partial charge < -0.3 is 4.90 Å². The van der Waals surface area contributed by atoms with Crippen LogP contribution in [-0.4, -0.2) is 22.8 Å². The van der Waals surface area contributed by atoms with E-state index >= 15 is 0 Å². The average molecular weight is 312 g/mol. The van der Waals surface area contributed by atoms with Gasteiger partial charge in [-0.15, -0.1) is 0 Å². The molecular weight excluding hydrogens is 284 g/mol. The molecule has 0 aromatic carbocycles. The molecule has 5 rings (SSSR count). The first-order valence-electron chi connectivity index (χ1n) is 9.20. The Bertz CT molecular complexity index is 547. The van der Waals surface area contributed by atoms with E-state index < -0.39 is 0 Å². The van der Waals surface area contributed by atoms with Gasteiger partial charge in [-0.1, -0.05) is 6.07 Å². The molecule has 1 unspecified atom stereocenters. The standard InChI is InChI=1S/C20H28N2O/c1-14(18-4-3-5-21-13-18)22(2)19(23)12-20-9-15-6-16(10-20)8-17(7-15)11-20/h3-5,13-17H,6-12H2,1-2H3. The summed E-state index contributed by atoms with van der Waals surface area (Å²) in [5.74, 6) is 3.06. The van der Waals surface area contributed by atoms with E-state index in [4.69, 9.17) is 0 Å². The number of aromatic nitrogens is 1. The Morgan fingerprint density at radius 3 is 2.39 bits per heavy atom. The highest BCUT2D eigenvalue weighted by Crippen LogP contribution is 2.61. The fourth-order valence-corrected chi connectivity index (χ4v) is 6.01. The van der Waals surface area contributed by atoms with Crippen molar-refractivity contribution in [2.75, 3.05) is 7.05 Å². The van der Waals surface area contributed by atoms with Gasteiger partial charge in [0.25, 0.3) is 0 Å². The van der Waals surface area contributed by atoms with Gasteiger partial charge in [-0.25, -0.2) is 0 Å². The van der Waals surface area contributed by atoms with Crippen LogP contribution in [-0.2, 0) is 4.79 Å². The van der Waals surface area contributed by atoms with Crippen LogP contribution in [0, 0.1) is 23.2 Å². The van der Waals surface area contributed by atoms with E-state index in [-0.39, 0.29) is 6.04 Å². The molecule has 1 atom stereocenters. The first kappa shape index (κ1) is 15.2. The summed E-state index contributed by atoms with van der Waals surface area (Å²) in [6, 6.07) is 4.11. The fourth-order valence-electron chi connectivity index (χ4n) is 6.01. The Morgan fingerprint density at radius 2 is 1.87 bits per heavy atom. The molecule has 0 spiro atoms. The van der Waals surface area contributed by atoms with Gasteiger partial charge in [0.1, 0.15) is 0 Å². The minimum absolute atomic E-state index is 0.102. The Morgan fingerprint density at radius 1 is 1.26 bits per heavy atom. The second-order valence-corrected chi connectivity index (χ2v) is 8.56. The van der Waals surface area contributed by atoms with Gasteiger partial charge in [0, 0.05) is 25.9 Å². The molecule has 23 heavy (non-hydrogen) atoms. The van der Waals surface area contributed by atoms with E-state index in [0.29, 0.717) is 11.3 Å². The number of carbonyl (C=O) groups is 1. The van der Waals surface area contributed by atoms with E-state index in [1.807, 2.05) is 24.2 Å². The summed E-state index contributed by atoms with van der Waals surface area (Å²) in [5.41, 5.74) is 1.45. The van der Waals surface area contributed by atoms with Gasteiger partial charge in [-0.05, 0) is 80.2 Å². The van der Waals surface area contributed by atoms with E-state index in [1.165, 1.54) is 38.5 Å². The molecule has 1 heterocycles. The first-order chi connectivity index (χ1) is 11.0. The summed E-state index contributed by atoms with van der Waals surface area (Å²) in [7, 11) is 1.96. The van der Waals surface area contributed by atoms with Crippen molar-refractivity contribution in [2.45, 2.75) is 57.9 Å². The topological polar surface area (TPSA) is 33.2 Å². The van der Waals surface area contributed by atoms with Crippen molar-refractivity contribution in [1.29, 1.82) is 0 Å². The normalized spacial score (nSPS) is 36.0. The van der Waals surface area contributed by atoms with Crippen LogP contribution in [0.3, 0.4) is 0 Å². The van der Waals surface area contributed by atoms with E-state index in [0.717, 1.165) is 29.7 Å².